The van der Waals surface area contributed by atoms with Crippen molar-refractivity contribution < 1.29 is 17.9 Å². The van der Waals surface area contributed by atoms with Crippen molar-refractivity contribution in [3.05, 3.63) is 95.4 Å². The van der Waals surface area contributed by atoms with Crippen LogP contribution in [0.4, 0.5) is 13.2 Å². The highest BCUT2D eigenvalue weighted by Gasteiger charge is 2.13. The molecule has 4 aromatic rings. The zero-order valence-corrected chi connectivity index (χ0v) is 17.5. The van der Waals surface area contributed by atoms with Crippen LogP contribution < -0.4 is 4.74 Å². The van der Waals surface area contributed by atoms with Gasteiger partial charge in [0.15, 0.2) is 17.5 Å². The van der Waals surface area contributed by atoms with E-state index in [0.717, 1.165) is 41.5 Å². The Balaban J connectivity index is 1.49. The number of ether oxygens (including phenoxy) is 1. The van der Waals surface area contributed by atoms with Gasteiger partial charge in [0.1, 0.15) is 5.75 Å². The first-order valence-electron chi connectivity index (χ1n) is 10.3. The first kappa shape index (κ1) is 21.5. The van der Waals surface area contributed by atoms with Gasteiger partial charge in [-0.05, 0) is 54.3 Å². The number of aromatic nitrogens is 1. The van der Waals surface area contributed by atoms with E-state index in [0.29, 0.717) is 12.2 Å². The fraction of sp³-hybridized carbons (Fsp3) is 0.148. The number of fused-ring (bicyclic) bond motifs is 1. The molecule has 0 radical (unpaired) electrons. The van der Waals surface area contributed by atoms with Crippen LogP contribution >= 0.6 is 0 Å². The van der Waals surface area contributed by atoms with Gasteiger partial charge < -0.3 is 4.74 Å². The minimum atomic E-state index is -1.47. The van der Waals surface area contributed by atoms with Gasteiger partial charge in [-0.15, -0.1) is 0 Å². The number of nitrogens with zero attached hydrogens (tertiary/aromatic N) is 1. The van der Waals surface area contributed by atoms with Crippen LogP contribution in [0.3, 0.4) is 0 Å². The van der Waals surface area contributed by atoms with Gasteiger partial charge in [-0.25, -0.2) is 13.2 Å². The van der Waals surface area contributed by atoms with E-state index in [1.54, 1.807) is 12.3 Å². The first-order chi connectivity index (χ1) is 15.5. The number of halogens is 3. The Morgan fingerprint density at radius 2 is 1.59 bits per heavy atom. The summed E-state index contributed by atoms with van der Waals surface area (Å²) in [5.41, 5.74) is 3.14. The van der Waals surface area contributed by atoms with E-state index < -0.39 is 17.5 Å². The van der Waals surface area contributed by atoms with Crippen LogP contribution in [0, 0.1) is 29.3 Å². The number of pyridine rings is 1. The third-order valence-corrected chi connectivity index (χ3v) is 5.01. The molecule has 2 nitrogen and oxygen atoms in total. The molecule has 0 atom stereocenters. The van der Waals surface area contributed by atoms with Gasteiger partial charge in [0, 0.05) is 22.1 Å². The molecule has 0 fully saturated rings. The van der Waals surface area contributed by atoms with Crippen molar-refractivity contribution in [1.82, 2.24) is 4.98 Å². The summed E-state index contributed by atoms with van der Waals surface area (Å²) in [6.07, 6.45) is 3.81. The molecule has 0 aliphatic carbocycles. The third kappa shape index (κ3) is 4.76. The Labute approximate surface area is 184 Å². The van der Waals surface area contributed by atoms with Crippen LogP contribution in [0.5, 0.6) is 5.75 Å². The fourth-order valence-electron chi connectivity index (χ4n) is 3.22. The Kier molecular flexibility index (Phi) is 6.42. The maximum absolute atomic E-state index is 13.8. The summed E-state index contributed by atoms with van der Waals surface area (Å²) in [7, 11) is 0. The van der Waals surface area contributed by atoms with E-state index in [2.05, 4.69) is 23.7 Å². The zero-order chi connectivity index (χ0) is 22.5. The Morgan fingerprint density at radius 3 is 2.31 bits per heavy atom. The van der Waals surface area contributed by atoms with Crippen molar-refractivity contribution in [3.8, 4) is 28.8 Å². The molecule has 0 spiro atoms. The molecule has 1 heterocycles. The van der Waals surface area contributed by atoms with Crippen molar-refractivity contribution in [2.24, 2.45) is 0 Å². The van der Waals surface area contributed by atoms with E-state index in [4.69, 9.17) is 4.74 Å². The molecule has 0 aliphatic rings. The Hall–Kier alpha value is -3.78. The molecular weight excluding hydrogens is 411 g/mol. The van der Waals surface area contributed by atoms with Crippen LogP contribution in [0.15, 0.2) is 66.9 Å². The molecule has 3 aromatic carbocycles. The topological polar surface area (TPSA) is 22.1 Å². The van der Waals surface area contributed by atoms with Gasteiger partial charge >= 0.3 is 0 Å². The van der Waals surface area contributed by atoms with Crippen LogP contribution in [0.1, 0.15) is 30.9 Å². The summed E-state index contributed by atoms with van der Waals surface area (Å²) in [6.45, 7) is 2.80. The lowest BCUT2D eigenvalue weighted by molar-refractivity contribution is 0.308. The second-order valence-electron chi connectivity index (χ2n) is 7.33. The monoisotopic (exact) mass is 431 g/mol. The first-order valence-corrected chi connectivity index (χ1v) is 10.3. The van der Waals surface area contributed by atoms with Gasteiger partial charge in [-0.2, -0.15) is 0 Å². The van der Waals surface area contributed by atoms with Gasteiger partial charge in [0.25, 0.3) is 0 Å². The summed E-state index contributed by atoms with van der Waals surface area (Å²) in [5.74, 6) is 2.88. The van der Waals surface area contributed by atoms with Gasteiger partial charge in [-0.3, -0.25) is 4.98 Å². The molecule has 0 bridgehead atoms. The van der Waals surface area contributed by atoms with Crippen LogP contribution in [0.2, 0.25) is 0 Å². The van der Waals surface area contributed by atoms with E-state index in [1.165, 1.54) is 12.1 Å². The molecule has 0 unspecified atom stereocenters. The highest BCUT2D eigenvalue weighted by molar-refractivity contribution is 5.84. The average molecular weight is 431 g/mol. The molecule has 1 aromatic heterocycles. The second-order valence-corrected chi connectivity index (χ2v) is 7.33. The second kappa shape index (κ2) is 9.57. The minimum absolute atomic E-state index is 0.0214. The predicted molar refractivity (Wildman–Crippen MR) is 120 cm³/mol. The van der Waals surface area contributed by atoms with Crippen molar-refractivity contribution >= 4 is 10.8 Å². The molecule has 4 rings (SSSR count). The lowest BCUT2D eigenvalue weighted by Crippen LogP contribution is -1.96. The maximum Gasteiger partial charge on any atom is 0.195 e. The number of rotatable bonds is 5. The standard InChI is InChI=1S/C27H20F3NO/c1-2-3-14-32-22-11-13-25(31-17-22)20-9-6-18(7-10-20)4-5-19-8-12-23-21(15-19)16-24(28)27(30)26(23)29/h6-13,15-17H,2-3,14H2,1H3. The van der Waals surface area contributed by atoms with Crippen LogP contribution in [0.25, 0.3) is 22.0 Å². The summed E-state index contributed by atoms with van der Waals surface area (Å²) in [5, 5.41) is 0.282. The molecule has 32 heavy (non-hydrogen) atoms. The van der Waals surface area contributed by atoms with Crippen molar-refractivity contribution in [2.45, 2.75) is 19.8 Å². The summed E-state index contributed by atoms with van der Waals surface area (Å²) in [6, 6.07) is 16.9. The predicted octanol–water partition coefficient (Wildman–Crippen LogP) is 6.90. The molecule has 160 valence electrons. The van der Waals surface area contributed by atoms with Crippen LogP contribution in [-0.4, -0.2) is 11.6 Å². The number of hydrogen-bond donors (Lipinski definition) is 0. The molecule has 5 heteroatoms. The zero-order valence-electron chi connectivity index (χ0n) is 17.5. The van der Waals surface area contributed by atoms with Crippen LogP contribution in [-0.2, 0) is 0 Å². The quantitative estimate of drug-likeness (QED) is 0.195. The maximum atomic E-state index is 13.8. The summed E-state index contributed by atoms with van der Waals surface area (Å²) in [4.78, 5) is 4.45. The fourth-order valence-corrected chi connectivity index (χ4v) is 3.22. The molecule has 0 aliphatic heterocycles. The normalized spacial score (nSPS) is 10.6. The third-order valence-electron chi connectivity index (χ3n) is 5.01. The molecule has 0 N–H and O–H groups in total. The molecule has 0 saturated carbocycles. The van der Waals surface area contributed by atoms with Crippen molar-refractivity contribution in [3.63, 3.8) is 0 Å². The van der Waals surface area contributed by atoms with Crippen molar-refractivity contribution in [2.75, 3.05) is 6.61 Å². The van der Waals surface area contributed by atoms with Gasteiger partial charge in [-0.1, -0.05) is 43.4 Å². The van der Waals surface area contributed by atoms with E-state index in [1.807, 2.05) is 36.4 Å². The van der Waals surface area contributed by atoms with E-state index >= 15 is 0 Å². The summed E-state index contributed by atoms with van der Waals surface area (Å²) < 4.78 is 46.4. The lowest BCUT2D eigenvalue weighted by Gasteiger charge is -2.06. The van der Waals surface area contributed by atoms with E-state index in [9.17, 15) is 13.2 Å². The number of unbranched alkanes of at least 4 members (excludes halogenated alkanes) is 1. The van der Waals surface area contributed by atoms with Crippen molar-refractivity contribution in [1.29, 1.82) is 0 Å². The minimum Gasteiger partial charge on any atom is -0.492 e. The summed E-state index contributed by atoms with van der Waals surface area (Å²) >= 11 is 0. The van der Waals surface area contributed by atoms with Gasteiger partial charge in [0.2, 0.25) is 0 Å². The highest BCUT2D eigenvalue weighted by Crippen LogP contribution is 2.24. The smallest absolute Gasteiger partial charge is 0.195 e. The van der Waals surface area contributed by atoms with E-state index in [-0.39, 0.29) is 10.8 Å². The molecule has 0 saturated heterocycles. The Bertz CT molecular complexity index is 1300. The number of hydrogen-bond acceptors (Lipinski definition) is 2. The largest absolute Gasteiger partial charge is 0.492 e. The lowest BCUT2D eigenvalue weighted by atomic mass is 10.1. The average Bonchev–Trinajstić information content (AvgIpc) is 2.82. The van der Waals surface area contributed by atoms with Gasteiger partial charge in [0.05, 0.1) is 18.5 Å². The number of benzene rings is 3. The SMILES string of the molecule is CCCCOc1ccc(-c2ccc(C#Cc3ccc4c(F)c(F)c(F)cc4c3)cc2)nc1. The molecular formula is C27H20F3NO. The Morgan fingerprint density at radius 1 is 0.844 bits per heavy atom. The highest BCUT2D eigenvalue weighted by atomic mass is 19.2. The molecule has 0 amide bonds.